The molecule has 0 N–H and O–H groups in total. The molecule has 32 heavy (non-hydrogen) atoms. The van der Waals surface area contributed by atoms with Crippen molar-refractivity contribution in [3.05, 3.63) is 68.3 Å². The Morgan fingerprint density at radius 1 is 1.16 bits per heavy atom. The van der Waals surface area contributed by atoms with Crippen LogP contribution in [0.1, 0.15) is 52.6 Å². The van der Waals surface area contributed by atoms with Gasteiger partial charge in [0, 0.05) is 5.69 Å². The molecule has 0 fully saturated rings. The van der Waals surface area contributed by atoms with Gasteiger partial charge in [-0.15, -0.1) is 0 Å². The van der Waals surface area contributed by atoms with Crippen molar-refractivity contribution in [2.24, 2.45) is 0 Å². The number of hydrogen-bond donors (Lipinski definition) is 0. The topological polar surface area (TPSA) is 103 Å². The third kappa shape index (κ3) is 4.44. The highest BCUT2D eigenvalue weighted by atomic mass is 19.1. The number of halogens is 1. The van der Waals surface area contributed by atoms with Gasteiger partial charge < -0.3 is 9.47 Å². The maximum absolute atomic E-state index is 14.3. The molecule has 9 heteroatoms. The average Bonchev–Trinajstić information content (AvgIpc) is 2.73. The number of rotatable bonds is 6. The molecule has 3 rings (SSSR count). The Balaban J connectivity index is 2.12. The third-order valence-corrected chi connectivity index (χ3v) is 5.00. The number of aromatic nitrogens is 4. The van der Waals surface area contributed by atoms with Gasteiger partial charge in [-0.3, -0.25) is 9.36 Å². The number of nitrogens with zero attached hydrogens (tertiary/aromatic N) is 5. The fraction of sp³-hybridized carbons (Fsp3) is 0.348. The molecule has 1 atom stereocenters. The summed E-state index contributed by atoms with van der Waals surface area (Å²) in [6.45, 7) is 8.42. The number of nitriles is 1. The van der Waals surface area contributed by atoms with Crippen LogP contribution in [0.25, 0.3) is 0 Å². The summed E-state index contributed by atoms with van der Waals surface area (Å²) in [5.41, 5.74) is 2.39. The molecule has 166 valence electrons. The Kier molecular flexibility index (Phi) is 6.53. The van der Waals surface area contributed by atoms with Crippen LogP contribution in [-0.2, 0) is 6.54 Å². The average molecular weight is 437 g/mol. The molecule has 1 aromatic carbocycles. The molecule has 0 saturated heterocycles. The first-order chi connectivity index (χ1) is 15.2. The van der Waals surface area contributed by atoms with Crippen LogP contribution in [0.5, 0.6) is 17.4 Å². The standard InChI is InChI=1S/C23H24FN5O3/c1-12-7-17(9-25)8-13(2)20(12)32-21-19(14(3)24)26-11-29(23(21)30)10-18-15(4)27-16(5)28-22(18)31-6/h7-8,11,14H,10H2,1-6H3. The minimum absolute atomic E-state index is 0.0732. The zero-order valence-electron chi connectivity index (χ0n) is 18.9. The predicted octanol–water partition coefficient (Wildman–Crippen LogP) is 4.02. The Morgan fingerprint density at radius 3 is 2.38 bits per heavy atom. The van der Waals surface area contributed by atoms with Crippen molar-refractivity contribution in [3.8, 4) is 23.4 Å². The first kappa shape index (κ1) is 22.9. The summed E-state index contributed by atoms with van der Waals surface area (Å²) in [5.74, 6) is 1.08. The SMILES string of the molecule is COc1nc(C)nc(C)c1Cn1cnc(C(C)F)c(Oc2c(C)cc(C#N)cc2C)c1=O. The van der Waals surface area contributed by atoms with E-state index in [9.17, 15) is 9.18 Å². The number of hydrogen-bond acceptors (Lipinski definition) is 7. The van der Waals surface area contributed by atoms with E-state index in [2.05, 4.69) is 21.0 Å². The molecule has 0 saturated carbocycles. The summed E-state index contributed by atoms with van der Waals surface area (Å²) in [6, 6.07) is 5.37. The second-order valence-electron chi connectivity index (χ2n) is 7.51. The van der Waals surface area contributed by atoms with Crippen LogP contribution in [0.3, 0.4) is 0 Å². The van der Waals surface area contributed by atoms with Crippen molar-refractivity contribution in [3.63, 3.8) is 0 Å². The summed E-state index contributed by atoms with van der Waals surface area (Å²) in [5, 5.41) is 9.16. The Bertz CT molecular complexity index is 1250. The number of aryl methyl sites for hydroxylation is 4. The molecule has 0 spiro atoms. The van der Waals surface area contributed by atoms with Crippen LogP contribution in [-0.4, -0.2) is 26.6 Å². The minimum Gasteiger partial charge on any atom is -0.481 e. The molecule has 2 heterocycles. The monoisotopic (exact) mass is 437 g/mol. The first-order valence-corrected chi connectivity index (χ1v) is 9.97. The molecule has 0 aliphatic carbocycles. The predicted molar refractivity (Wildman–Crippen MR) is 116 cm³/mol. The Morgan fingerprint density at radius 2 is 1.81 bits per heavy atom. The van der Waals surface area contributed by atoms with Crippen molar-refractivity contribution in [2.75, 3.05) is 7.11 Å². The Hall–Kier alpha value is -3.80. The van der Waals surface area contributed by atoms with Crippen molar-refractivity contribution >= 4 is 0 Å². The van der Waals surface area contributed by atoms with Crippen molar-refractivity contribution in [1.82, 2.24) is 19.5 Å². The van der Waals surface area contributed by atoms with E-state index in [0.717, 1.165) is 0 Å². The van der Waals surface area contributed by atoms with Crippen molar-refractivity contribution in [2.45, 2.75) is 47.3 Å². The second-order valence-corrected chi connectivity index (χ2v) is 7.51. The summed E-state index contributed by atoms with van der Waals surface area (Å²) in [6.07, 6.45) is -0.247. The number of benzene rings is 1. The normalized spacial score (nSPS) is 11.7. The molecule has 8 nitrogen and oxygen atoms in total. The number of methoxy groups -OCH3 is 1. The summed E-state index contributed by atoms with van der Waals surface area (Å²) < 4.78 is 26.9. The molecule has 0 aliphatic heterocycles. The van der Waals surface area contributed by atoms with Crippen LogP contribution >= 0.6 is 0 Å². The maximum Gasteiger partial charge on any atom is 0.297 e. The molecule has 0 radical (unpaired) electrons. The van der Waals surface area contributed by atoms with Crippen LogP contribution in [0.4, 0.5) is 4.39 Å². The molecule has 2 aromatic heterocycles. The van der Waals surface area contributed by atoms with Gasteiger partial charge in [0.2, 0.25) is 11.6 Å². The quantitative estimate of drug-likeness (QED) is 0.574. The van der Waals surface area contributed by atoms with Gasteiger partial charge in [0.05, 0.1) is 37.2 Å². The van der Waals surface area contributed by atoms with Gasteiger partial charge in [-0.25, -0.2) is 14.4 Å². The largest absolute Gasteiger partial charge is 0.481 e. The van der Waals surface area contributed by atoms with E-state index in [1.54, 1.807) is 39.8 Å². The van der Waals surface area contributed by atoms with E-state index in [0.29, 0.717) is 45.4 Å². The van der Waals surface area contributed by atoms with Gasteiger partial charge in [-0.1, -0.05) is 0 Å². The molecule has 0 amide bonds. The van der Waals surface area contributed by atoms with Gasteiger partial charge in [0.25, 0.3) is 5.56 Å². The lowest BCUT2D eigenvalue weighted by Gasteiger charge is -2.17. The summed E-state index contributed by atoms with van der Waals surface area (Å²) >= 11 is 0. The van der Waals surface area contributed by atoms with E-state index < -0.39 is 11.7 Å². The fourth-order valence-corrected chi connectivity index (χ4v) is 3.48. The summed E-state index contributed by atoms with van der Waals surface area (Å²) in [4.78, 5) is 26.1. The van der Waals surface area contributed by atoms with Crippen molar-refractivity contribution in [1.29, 1.82) is 5.26 Å². The lowest BCUT2D eigenvalue weighted by atomic mass is 10.1. The number of ether oxygens (including phenoxy) is 2. The number of alkyl halides is 1. The summed E-state index contributed by atoms with van der Waals surface area (Å²) in [7, 11) is 1.49. The molecule has 3 aromatic rings. The molecular formula is C23H24FN5O3. The highest BCUT2D eigenvalue weighted by molar-refractivity contribution is 5.49. The van der Waals surface area contributed by atoms with Gasteiger partial charge in [-0.2, -0.15) is 10.2 Å². The van der Waals surface area contributed by atoms with E-state index in [-0.39, 0.29) is 18.0 Å². The molecule has 1 unspecified atom stereocenters. The zero-order chi connectivity index (χ0) is 23.6. The van der Waals surface area contributed by atoms with Crippen LogP contribution < -0.4 is 15.0 Å². The second kappa shape index (κ2) is 9.14. The van der Waals surface area contributed by atoms with Gasteiger partial charge >= 0.3 is 0 Å². The van der Waals surface area contributed by atoms with Crippen molar-refractivity contribution < 1.29 is 13.9 Å². The van der Waals surface area contributed by atoms with E-state index in [1.807, 2.05) is 0 Å². The van der Waals surface area contributed by atoms with E-state index in [1.165, 1.54) is 24.9 Å². The zero-order valence-corrected chi connectivity index (χ0v) is 18.9. The third-order valence-electron chi connectivity index (χ3n) is 5.00. The first-order valence-electron chi connectivity index (χ1n) is 9.97. The smallest absolute Gasteiger partial charge is 0.297 e. The lowest BCUT2D eigenvalue weighted by Crippen LogP contribution is -2.25. The fourth-order valence-electron chi connectivity index (χ4n) is 3.48. The van der Waals surface area contributed by atoms with Crippen LogP contribution in [0.2, 0.25) is 0 Å². The highest BCUT2D eigenvalue weighted by Crippen LogP contribution is 2.32. The minimum atomic E-state index is -1.52. The Labute approximate surface area is 185 Å². The van der Waals surface area contributed by atoms with Crippen LogP contribution in [0, 0.1) is 39.0 Å². The molecular weight excluding hydrogens is 413 g/mol. The van der Waals surface area contributed by atoms with Gasteiger partial charge in [-0.05, 0) is 57.9 Å². The maximum atomic E-state index is 14.3. The highest BCUT2D eigenvalue weighted by Gasteiger charge is 2.22. The molecule has 0 aliphatic rings. The lowest BCUT2D eigenvalue weighted by molar-refractivity contribution is 0.343. The van der Waals surface area contributed by atoms with E-state index in [4.69, 9.17) is 14.7 Å². The van der Waals surface area contributed by atoms with E-state index >= 15 is 0 Å². The van der Waals surface area contributed by atoms with Crippen LogP contribution in [0.15, 0.2) is 23.3 Å². The molecule has 0 bridgehead atoms. The van der Waals surface area contributed by atoms with Gasteiger partial charge in [0.15, 0.2) is 0 Å². The van der Waals surface area contributed by atoms with Gasteiger partial charge in [0.1, 0.15) is 23.4 Å².